The van der Waals surface area contributed by atoms with E-state index in [1.807, 2.05) is 37.5 Å². The first-order valence-corrected chi connectivity index (χ1v) is 13.2. The van der Waals surface area contributed by atoms with Crippen molar-refractivity contribution in [2.75, 3.05) is 6.61 Å². The molecule has 2 fully saturated rings. The second-order valence-corrected chi connectivity index (χ2v) is 10.4. The lowest BCUT2D eigenvalue weighted by Gasteiger charge is -2.22. The van der Waals surface area contributed by atoms with Gasteiger partial charge in [0.05, 0.1) is 29.9 Å². The van der Waals surface area contributed by atoms with Gasteiger partial charge in [-0.05, 0) is 48.9 Å². The second kappa shape index (κ2) is 10.0. The maximum atomic E-state index is 15.6. The lowest BCUT2D eigenvalue weighted by Crippen LogP contribution is -2.15. The summed E-state index contributed by atoms with van der Waals surface area (Å²) in [6, 6.07) is 12.6. The molecule has 2 aliphatic carbocycles. The number of aryl methyl sites for hydroxylation is 1. The van der Waals surface area contributed by atoms with Gasteiger partial charge in [0.2, 0.25) is 0 Å². The Hall–Kier alpha value is -4.01. The van der Waals surface area contributed by atoms with Gasteiger partial charge in [-0.25, -0.2) is 13.9 Å². The molecular weight excluding hydrogens is 485 g/mol. The van der Waals surface area contributed by atoms with E-state index in [-0.39, 0.29) is 23.1 Å². The Kier molecular flexibility index (Phi) is 6.43. The summed E-state index contributed by atoms with van der Waals surface area (Å²) in [5, 5.41) is 22.5. The summed E-state index contributed by atoms with van der Waals surface area (Å²) in [4.78, 5) is 12.0. The van der Waals surface area contributed by atoms with E-state index in [1.54, 1.807) is 27.6 Å². The van der Waals surface area contributed by atoms with Gasteiger partial charge in [-0.2, -0.15) is 5.10 Å². The molecule has 0 amide bonds. The highest BCUT2D eigenvalue weighted by molar-refractivity contribution is 5.89. The third-order valence-electron chi connectivity index (χ3n) is 7.74. The van der Waals surface area contributed by atoms with Crippen LogP contribution in [0.25, 0.3) is 16.8 Å². The standard InChI is InChI=1S/C29H30FN5O3/c1-34-16-25(32-33-34)22-14-23(22)28-24(29(36)37)15-31-35(28)20-10-5-9-19(13-20)21-11-6-12-26(27(21)30)38-17-18-7-3-2-4-8-18/h5-6,9-13,15-16,18,22-23H,2-4,7-8,14,17H2,1H3,(H,36,37)/t22-,23-/m1/s1. The summed E-state index contributed by atoms with van der Waals surface area (Å²) in [5.74, 6) is -0.646. The molecule has 2 saturated carbocycles. The average molecular weight is 516 g/mol. The Labute approximate surface area is 220 Å². The van der Waals surface area contributed by atoms with Crippen molar-refractivity contribution in [1.82, 2.24) is 24.8 Å². The minimum Gasteiger partial charge on any atom is -0.490 e. The largest absolute Gasteiger partial charge is 0.490 e. The summed E-state index contributed by atoms with van der Waals surface area (Å²) in [7, 11) is 1.81. The van der Waals surface area contributed by atoms with E-state index < -0.39 is 11.8 Å². The molecule has 2 heterocycles. The molecule has 4 aromatic rings. The van der Waals surface area contributed by atoms with Crippen molar-refractivity contribution < 1.29 is 19.0 Å². The Morgan fingerprint density at radius 3 is 2.71 bits per heavy atom. The maximum absolute atomic E-state index is 15.6. The van der Waals surface area contributed by atoms with Crippen LogP contribution in [0, 0.1) is 11.7 Å². The minimum absolute atomic E-state index is 0.0443. The predicted octanol–water partition coefficient (Wildman–Crippen LogP) is 5.74. The van der Waals surface area contributed by atoms with Crippen molar-refractivity contribution in [3.63, 3.8) is 0 Å². The lowest BCUT2D eigenvalue weighted by molar-refractivity contribution is 0.0695. The summed E-state index contributed by atoms with van der Waals surface area (Å²) in [5.41, 5.74) is 3.39. The summed E-state index contributed by atoms with van der Waals surface area (Å²) in [6.07, 6.45) is 9.96. The Morgan fingerprint density at radius 2 is 1.95 bits per heavy atom. The molecule has 9 heteroatoms. The van der Waals surface area contributed by atoms with Gasteiger partial charge in [0, 0.05) is 30.6 Å². The van der Waals surface area contributed by atoms with Crippen molar-refractivity contribution in [3.8, 4) is 22.6 Å². The number of benzene rings is 2. The van der Waals surface area contributed by atoms with E-state index >= 15 is 4.39 Å². The number of hydrogen-bond donors (Lipinski definition) is 1. The first kappa shape index (κ1) is 24.3. The molecular formula is C29H30FN5O3. The van der Waals surface area contributed by atoms with Gasteiger partial charge in [0.25, 0.3) is 0 Å². The van der Waals surface area contributed by atoms with Crippen molar-refractivity contribution >= 4 is 5.97 Å². The molecule has 2 atom stereocenters. The van der Waals surface area contributed by atoms with E-state index in [2.05, 4.69) is 15.4 Å². The minimum atomic E-state index is -1.03. The number of carbonyl (C=O) groups is 1. The number of halogens is 1. The number of aromatic carboxylic acids is 1. The van der Waals surface area contributed by atoms with E-state index in [0.717, 1.165) is 25.0 Å². The molecule has 0 saturated heterocycles. The molecule has 2 aromatic carbocycles. The lowest BCUT2D eigenvalue weighted by atomic mass is 9.90. The normalized spacial score (nSPS) is 19.4. The van der Waals surface area contributed by atoms with Gasteiger partial charge >= 0.3 is 5.97 Å². The van der Waals surface area contributed by atoms with Crippen LogP contribution in [0.1, 0.15) is 72.1 Å². The molecule has 0 aliphatic heterocycles. The number of carboxylic acids is 1. The fraction of sp³-hybridized carbons (Fsp3) is 0.379. The third kappa shape index (κ3) is 4.68. The third-order valence-corrected chi connectivity index (χ3v) is 7.74. The highest BCUT2D eigenvalue weighted by atomic mass is 19.1. The summed E-state index contributed by atoms with van der Waals surface area (Å²) < 4.78 is 24.8. The average Bonchev–Trinajstić information content (AvgIpc) is 3.37. The van der Waals surface area contributed by atoms with Gasteiger partial charge in [0.15, 0.2) is 11.6 Å². The number of hydrogen-bond acceptors (Lipinski definition) is 5. The highest BCUT2D eigenvalue weighted by Gasteiger charge is 2.46. The van der Waals surface area contributed by atoms with Crippen LogP contribution in [0.2, 0.25) is 0 Å². The molecule has 0 radical (unpaired) electrons. The van der Waals surface area contributed by atoms with Crippen LogP contribution in [0.5, 0.6) is 5.75 Å². The Morgan fingerprint density at radius 1 is 1.13 bits per heavy atom. The smallest absolute Gasteiger partial charge is 0.339 e. The van der Waals surface area contributed by atoms with Crippen LogP contribution in [-0.2, 0) is 7.05 Å². The Bertz CT molecular complexity index is 1470. The van der Waals surface area contributed by atoms with Crippen LogP contribution in [-0.4, -0.2) is 42.5 Å². The number of ether oxygens (including phenoxy) is 1. The van der Waals surface area contributed by atoms with Crippen molar-refractivity contribution in [1.29, 1.82) is 0 Å². The zero-order valence-electron chi connectivity index (χ0n) is 21.3. The predicted molar refractivity (Wildman–Crippen MR) is 139 cm³/mol. The van der Waals surface area contributed by atoms with Crippen molar-refractivity contribution in [2.45, 2.75) is 50.4 Å². The van der Waals surface area contributed by atoms with Crippen LogP contribution < -0.4 is 4.74 Å². The topological polar surface area (TPSA) is 95.1 Å². The molecule has 8 nitrogen and oxygen atoms in total. The first-order chi connectivity index (χ1) is 18.5. The molecule has 2 aromatic heterocycles. The molecule has 6 rings (SSSR count). The molecule has 2 aliphatic rings. The van der Waals surface area contributed by atoms with Crippen LogP contribution in [0.4, 0.5) is 4.39 Å². The van der Waals surface area contributed by atoms with Crippen LogP contribution in [0.3, 0.4) is 0 Å². The molecule has 0 unspecified atom stereocenters. The van der Waals surface area contributed by atoms with Gasteiger partial charge in [-0.1, -0.05) is 48.7 Å². The van der Waals surface area contributed by atoms with Crippen LogP contribution >= 0.6 is 0 Å². The molecule has 0 spiro atoms. The maximum Gasteiger partial charge on any atom is 0.339 e. The number of aromatic nitrogens is 5. The van der Waals surface area contributed by atoms with E-state index in [1.165, 1.54) is 25.5 Å². The van der Waals surface area contributed by atoms with Crippen LogP contribution in [0.15, 0.2) is 54.9 Å². The number of rotatable bonds is 8. The highest BCUT2D eigenvalue weighted by Crippen LogP contribution is 2.55. The van der Waals surface area contributed by atoms with E-state index in [4.69, 9.17) is 4.74 Å². The fourth-order valence-electron chi connectivity index (χ4n) is 5.66. The van der Waals surface area contributed by atoms with E-state index in [9.17, 15) is 9.90 Å². The zero-order chi connectivity index (χ0) is 26.2. The first-order valence-electron chi connectivity index (χ1n) is 13.2. The monoisotopic (exact) mass is 515 g/mol. The Balaban J connectivity index is 1.30. The fourth-order valence-corrected chi connectivity index (χ4v) is 5.66. The van der Waals surface area contributed by atoms with Gasteiger partial charge in [0.1, 0.15) is 5.56 Å². The van der Waals surface area contributed by atoms with Gasteiger partial charge < -0.3 is 9.84 Å². The molecule has 1 N–H and O–H groups in total. The number of nitrogens with zero attached hydrogens (tertiary/aromatic N) is 5. The molecule has 196 valence electrons. The summed E-state index contributed by atoms with van der Waals surface area (Å²) >= 11 is 0. The quantitative estimate of drug-likeness (QED) is 0.322. The van der Waals surface area contributed by atoms with Gasteiger partial charge in [-0.15, -0.1) is 5.10 Å². The zero-order valence-corrected chi connectivity index (χ0v) is 21.3. The summed E-state index contributed by atoms with van der Waals surface area (Å²) in [6.45, 7) is 0.531. The second-order valence-electron chi connectivity index (χ2n) is 10.4. The van der Waals surface area contributed by atoms with Gasteiger partial charge in [-0.3, -0.25) is 4.68 Å². The van der Waals surface area contributed by atoms with Crippen molar-refractivity contribution in [2.24, 2.45) is 13.0 Å². The molecule has 0 bridgehead atoms. The number of carboxylic acid groups (broad SMARTS) is 1. The SMILES string of the molecule is Cn1cc([C@@H]2C[C@H]2c2c(C(=O)O)cnn2-c2cccc(-c3cccc(OCC4CCCCC4)c3F)c2)nn1. The van der Waals surface area contributed by atoms with E-state index in [0.29, 0.717) is 35.0 Å². The van der Waals surface area contributed by atoms with Crippen molar-refractivity contribution in [3.05, 3.63) is 77.6 Å². The molecule has 38 heavy (non-hydrogen) atoms.